The molecule has 0 N–H and O–H groups in total. The van der Waals surface area contributed by atoms with Gasteiger partial charge in [0.15, 0.2) is 0 Å². The van der Waals surface area contributed by atoms with Crippen LogP contribution >= 0.6 is 11.6 Å². The van der Waals surface area contributed by atoms with Crippen LogP contribution in [0.3, 0.4) is 0 Å². The molecule has 3 nitrogen and oxygen atoms in total. The minimum absolute atomic E-state index is 0.729. The number of rotatable bonds is 7. The molecule has 0 atom stereocenters. The fraction of sp³-hybridized carbons (Fsp3) is 0.333. The Bertz CT molecular complexity index is 997. The molecule has 4 rings (SSSR count). The summed E-state index contributed by atoms with van der Waals surface area (Å²) in [6, 6.07) is 12.2. The Morgan fingerprint density at radius 3 is 2.64 bits per heavy atom. The van der Waals surface area contributed by atoms with Crippen LogP contribution in [0.2, 0.25) is 5.02 Å². The summed E-state index contributed by atoms with van der Waals surface area (Å²) in [6.07, 6.45) is 6.85. The monoisotopic (exact) mass is 391 g/mol. The van der Waals surface area contributed by atoms with E-state index in [1.54, 1.807) is 0 Å². The van der Waals surface area contributed by atoms with Crippen LogP contribution < -0.4 is 0 Å². The Morgan fingerprint density at radius 1 is 1.21 bits per heavy atom. The molecule has 0 unspecified atom stereocenters. The molecule has 2 heterocycles. The Balaban J connectivity index is 1.77. The number of hydrogen-bond donors (Lipinski definition) is 0. The van der Waals surface area contributed by atoms with Crippen LogP contribution in [0.4, 0.5) is 0 Å². The van der Waals surface area contributed by atoms with Crippen LogP contribution in [0.1, 0.15) is 48.8 Å². The highest BCUT2D eigenvalue weighted by molar-refractivity contribution is 6.30. The van der Waals surface area contributed by atoms with E-state index in [4.69, 9.17) is 21.6 Å². The van der Waals surface area contributed by atoms with Crippen LogP contribution in [0, 0.1) is 12.8 Å². The number of benzene rings is 1. The van der Waals surface area contributed by atoms with Crippen molar-refractivity contribution in [2.75, 3.05) is 0 Å². The van der Waals surface area contributed by atoms with Crippen molar-refractivity contribution in [3.8, 4) is 11.4 Å². The topological polar surface area (TPSA) is 30.7 Å². The number of hydrogen-bond acceptors (Lipinski definition) is 2. The number of nitrogens with zero attached hydrogens (tertiary/aromatic N) is 3. The maximum atomic E-state index is 6.07. The van der Waals surface area contributed by atoms with Crippen molar-refractivity contribution >= 4 is 17.2 Å². The first kappa shape index (κ1) is 18.9. The average Bonchev–Trinajstić information content (AvgIpc) is 3.45. The molecule has 4 heteroatoms. The Morgan fingerprint density at radius 2 is 1.96 bits per heavy atom. The van der Waals surface area contributed by atoms with Crippen molar-refractivity contribution in [1.29, 1.82) is 0 Å². The van der Waals surface area contributed by atoms with Gasteiger partial charge in [0.25, 0.3) is 0 Å². The quantitative estimate of drug-likeness (QED) is 0.471. The van der Waals surface area contributed by atoms with Gasteiger partial charge in [-0.15, -0.1) is 0 Å². The SMILES string of the molecule is C=C(C)c1c(C)nc(-c2cccnc2CCC2CC2)n1Cc1ccc(Cl)cc1. The third-order valence-electron chi connectivity index (χ3n) is 5.42. The van der Waals surface area contributed by atoms with Gasteiger partial charge in [-0.2, -0.15) is 0 Å². The van der Waals surface area contributed by atoms with E-state index in [1.807, 2.05) is 31.3 Å². The molecule has 0 spiro atoms. The van der Waals surface area contributed by atoms with Crippen LogP contribution in [-0.4, -0.2) is 14.5 Å². The lowest BCUT2D eigenvalue weighted by molar-refractivity contribution is 0.712. The Labute approximate surface area is 172 Å². The number of aryl methyl sites for hydroxylation is 2. The van der Waals surface area contributed by atoms with Crippen molar-refractivity contribution in [2.45, 2.75) is 46.1 Å². The lowest BCUT2D eigenvalue weighted by Crippen LogP contribution is -2.07. The molecule has 2 aromatic heterocycles. The van der Waals surface area contributed by atoms with Gasteiger partial charge in [-0.3, -0.25) is 4.98 Å². The summed E-state index contributed by atoms with van der Waals surface area (Å²) in [7, 11) is 0. The summed E-state index contributed by atoms with van der Waals surface area (Å²) in [4.78, 5) is 9.66. The summed E-state index contributed by atoms with van der Waals surface area (Å²) >= 11 is 6.07. The highest BCUT2D eigenvalue weighted by Gasteiger charge is 2.23. The zero-order valence-electron chi connectivity index (χ0n) is 16.6. The zero-order valence-corrected chi connectivity index (χ0v) is 17.3. The molecule has 1 aliphatic rings. The second-order valence-corrected chi connectivity index (χ2v) is 8.28. The van der Waals surface area contributed by atoms with Crippen LogP contribution in [0.5, 0.6) is 0 Å². The molecule has 1 fully saturated rings. The van der Waals surface area contributed by atoms with E-state index in [-0.39, 0.29) is 0 Å². The second kappa shape index (κ2) is 7.92. The molecule has 144 valence electrons. The minimum atomic E-state index is 0.729. The predicted octanol–water partition coefficient (Wildman–Crippen LogP) is 6.33. The van der Waals surface area contributed by atoms with Crippen molar-refractivity contribution in [3.63, 3.8) is 0 Å². The smallest absolute Gasteiger partial charge is 0.142 e. The summed E-state index contributed by atoms with van der Waals surface area (Å²) < 4.78 is 2.28. The van der Waals surface area contributed by atoms with Crippen molar-refractivity contribution in [1.82, 2.24) is 14.5 Å². The highest BCUT2D eigenvalue weighted by atomic mass is 35.5. The van der Waals surface area contributed by atoms with Gasteiger partial charge in [-0.05, 0) is 68.0 Å². The highest BCUT2D eigenvalue weighted by Crippen LogP contribution is 2.35. The number of pyridine rings is 1. The van der Waals surface area contributed by atoms with E-state index in [9.17, 15) is 0 Å². The van der Waals surface area contributed by atoms with Crippen LogP contribution in [-0.2, 0) is 13.0 Å². The second-order valence-electron chi connectivity index (χ2n) is 7.84. The molecule has 28 heavy (non-hydrogen) atoms. The van der Waals surface area contributed by atoms with Crippen LogP contribution in [0.15, 0.2) is 49.2 Å². The molecule has 1 aromatic carbocycles. The average molecular weight is 392 g/mol. The van der Waals surface area contributed by atoms with E-state index >= 15 is 0 Å². The number of allylic oxidation sites excluding steroid dienone is 1. The maximum Gasteiger partial charge on any atom is 0.142 e. The van der Waals surface area contributed by atoms with Gasteiger partial charge >= 0.3 is 0 Å². The lowest BCUT2D eigenvalue weighted by Gasteiger charge is -2.15. The normalized spacial score (nSPS) is 13.7. The first-order valence-electron chi connectivity index (χ1n) is 9.94. The van der Waals surface area contributed by atoms with Crippen molar-refractivity contribution < 1.29 is 0 Å². The van der Waals surface area contributed by atoms with Crippen molar-refractivity contribution in [2.24, 2.45) is 5.92 Å². The standard InChI is InChI=1S/C24H26ClN3/c1-16(2)23-17(3)27-24(28(23)15-19-8-11-20(25)12-9-19)21-5-4-14-26-22(21)13-10-18-6-7-18/h4-5,8-9,11-12,14,18H,1,6-7,10,13,15H2,2-3H3. The van der Waals surface area contributed by atoms with Gasteiger partial charge in [0.05, 0.1) is 17.1 Å². The largest absolute Gasteiger partial charge is 0.320 e. The van der Waals surface area contributed by atoms with E-state index in [0.29, 0.717) is 0 Å². The fourth-order valence-corrected chi connectivity index (χ4v) is 3.96. The van der Waals surface area contributed by atoms with E-state index in [0.717, 1.165) is 57.9 Å². The van der Waals surface area contributed by atoms with Gasteiger partial charge in [-0.25, -0.2) is 4.98 Å². The minimum Gasteiger partial charge on any atom is -0.320 e. The molecule has 3 aromatic rings. The van der Waals surface area contributed by atoms with Gasteiger partial charge in [0, 0.05) is 23.3 Å². The van der Waals surface area contributed by atoms with Crippen molar-refractivity contribution in [3.05, 3.63) is 76.8 Å². The number of halogens is 1. The number of imidazole rings is 1. The van der Waals surface area contributed by atoms with Gasteiger partial charge in [0.2, 0.25) is 0 Å². The summed E-state index contributed by atoms with van der Waals surface area (Å²) in [5.74, 6) is 1.86. The predicted molar refractivity (Wildman–Crippen MR) is 117 cm³/mol. The molecule has 1 aliphatic carbocycles. The molecular weight excluding hydrogens is 366 g/mol. The Kier molecular flexibility index (Phi) is 5.36. The van der Waals surface area contributed by atoms with E-state index < -0.39 is 0 Å². The first-order chi connectivity index (χ1) is 13.5. The third kappa shape index (κ3) is 4.05. The first-order valence-corrected chi connectivity index (χ1v) is 10.3. The third-order valence-corrected chi connectivity index (χ3v) is 5.67. The molecule has 1 saturated carbocycles. The van der Waals surface area contributed by atoms with Gasteiger partial charge < -0.3 is 4.57 Å². The summed E-state index contributed by atoms with van der Waals surface area (Å²) in [5.41, 5.74) is 6.59. The van der Waals surface area contributed by atoms with Gasteiger partial charge in [-0.1, -0.05) is 43.2 Å². The summed E-state index contributed by atoms with van der Waals surface area (Å²) in [5, 5.41) is 0.750. The lowest BCUT2D eigenvalue weighted by atomic mass is 10.1. The zero-order chi connectivity index (χ0) is 19.7. The number of aromatic nitrogens is 3. The molecule has 0 radical (unpaired) electrons. The molecular formula is C24H26ClN3. The molecule has 0 bridgehead atoms. The Hall–Kier alpha value is -2.39. The molecule has 0 amide bonds. The van der Waals surface area contributed by atoms with E-state index in [1.165, 1.54) is 24.8 Å². The molecule has 0 aliphatic heterocycles. The summed E-state index contributed by atoms with van der Waals surface area (Å²) in [6.45, 7) is 9.04. The van der Waals surface area contributed by atoms with Crippen LogP contribution in [0.25, 0.3) is 17.0 Å². The fourth-order valence-electron chi connectivity index (χ4n) is 3.83. The molecule has 0 saturated heterocycles. The van der Waals surface area contributed by atoms with E-state index in [2.05, 4.69) is 36.3 Å². The van der Waals surface area contributed by atoms with Gasteiger partial charge in [0.1, 0.15) is 5.82 Å². The maximum absolute atomic E-state index is 6.07.